The van der Waals surface area contributed by atoms with E-state index in [0.717, 1.165) is 25.7 Å². The molecule has 0 amide bonds. The standard InChI is InChI=1S/C24H27F3N4O3/c25-18-9-17(22(26)23(27)21(18)24(32)33)19-1-2-20(30-29-19)28-16-7-14-11-31(12-15(14)8-16)10-13-3-5-34-6-4-13/h1-2,9,13-16H,3-8,10-12H2,(H,28,30)(H,32,33)/t14-,15+,16?/i10D2. The molecule has 182 valence electrons. The fourth-order valence-electron chi connectivity index (χ4n) is 5.35. The fraction of sp³-hybridized carbons (Fsp3) is 0.542. The SMILES string of the molecule is [2H]C([2H])(C1CCOCC1)N1C[C@H]2CC(Nc3ccc(-c4cc(F)c(C(=O)O)c(F)c4F)nn3)C[C@H]2C1. The highest BCUT2D eigenvalue weighted by Gasteiger charge is 2.41. The van der Waals surface area contributed by atoms with Crippen molar-refractivity contribution in [3.8, 4) is 11.3 Å². The van der Waals surface area contributed by atoms with Gasteiger partial charge >= 0.3 is 5.97 Å². The lowest BCUT2D eigenvalue weighted by atomic mass is 10.00. The van der Waals surface area contributed by atoms with Crippen LogP contribution in [0.3, 0.4) is 0 Å². The highest BCUT2D eigenvalue weighted by atomic mass is 19.2. The second-order valence-corrected chi connectivity index (χ2v) is 9.27. The number of nitrogens with zero attached hydrogens (tertiary/aromatic N) is 3. The van der Waals surface area contributed by atoms with E-state index in [0.29, 0.717) is 50.0 Å². The lowest BCUT2D eigenvalue weighted by Gasteiger charge is -2.27. The number of fused-ring (bicyclic) bond motifs is 1. The Morgan fingerprint density at radius 2 is 1.85 bits per heavy atom. The van der Waals surface area contributed by atoms with Gasteiger partial charge in [-0.25, -0.2) is 18.0 Å². The zero-order valence-electron chi connectivity index (χ0n) is 20.4. The Labute approximate surface area is 198 Å². The summed E-state index contributed by atoms with van der Waals surface area (Å²) in [6, 6.07) is 3.62. The molecule has 0 radical (unpaired) electrons. The Bertz CT molecular complexity index is 1130. The molecule has 2 aromatic rings. The molecule has 34 heavy (non-hydrogen) atoms. The minimum absolute atomic E-state index is 0.0140. The van der Waals surface area contributed by atoms with E-state index >= 15 is 0 Å². The predicted molar refractivity (Wildman–Crippen MR) is 118 cm³/mol. The molecule has 2 N–H and O–H groups in total. The van der Waals surface area contributed by atoms with Gasteiger partial charge in [-0.15, -0.1) is 10.2 Å². The molecule has 3 heterocycles. The number of carboxylic acid groups (broad SMARTS) is 1. The van der Waals surface area contributed by atoms with Crippen molar-refractivity contribution in [1.29, 1.82) is 0 Å². The molecule has 5 rings (SSSR count). The van der Waals surface area contributed by atoms with Crippen LogP contribution < -0.4 is 5.32 Å². The van der Waals surface area contributed by atoms with Crippen LogP contribution in [0.1, 0.15) is 38.8 Å². The van der Waals surface area contributed by atoms with Crippen LogP contribution in [-0.4, -0.2) is 65.0 Å². The van der Waals surface area contributed by atoms with Crippen molar-refractivity contribution in [2.75, 3.05) is 38.1 Å². The van der Waals surface area contributed by atoms with Gasteiger partial charge in [-0.1, -0.05) is 0 Å². The lowest BCUT2D eigenvalue weighted by Crippen LogP contribution is -2.32. The number of likely N-dealkylation sites (tertiary alicyclic amines) is 1. The first-order chi connectivity index (χ1) is 17.1. The first-order valence-corrected chi connectivity index (χ1v) is 11.5. The molecule has 1 aliphatic carbocycles. The maximum atomic E-state index is 14.4. The van der Waals surface area contributed by atoms with Gasteiger partial charge in [0.15, 0.2) is 11.6 Å². The number of hydrogen-bond acceptors (Lipinski definition) is 6. The van der Waals surface area contributed by atoms with Gasteiger partial charge in [0.05, 0.1) is 5.69 Å². The topological polar surface area (TPSA) is 87.6 Å². The number of nitrogens with one attached hydrogen (secondary N) is 1. The number of rotatable bonds is 6. The molecule has 1 saturated carbocycles. The molecule has 1 unspecified atom stereocenters. The van der Waals surface area contributed by atoms with E-state index in [9.17, 15) is 18.0 Å². The number of benzene rings is 1. The molecule has 3 fully saturated rings. The molecule has 1 aromatic heterocycles. The van der Waals surface area contributed by atoms with Crippen LogP contribution in [-0.2, 0) is 4.74 Å². The van der Waals surface area contributed by atoms with Gasteiger partial charge in [0, 0.05) is 47.1 Å². The quantitative estimate of drug-likeness (QED) is 0.611. The van der Waals surface area contributed by atoms with Gasteiger partial charge < -0.3 is 20.1 Å². The van der Waals surface area contributed by atoms with Crippen LogP contribution in [0, 0.1) is 35.2 Å². The van der Waals surface area contributed by atoms with Crippen LogP contribution in [0.5, 0.6) is 0 Å². The summed E-state index contributed by atoms with van der Waals surface area (Å²) in [5.41, 5.74) is -1.99. The number of halogens is 3. The van der Waals surface area contributed by atoms with Crippen molar-refractivity contribution in [3.05, 3.63) is 41.2 Å². The highest BCUT2D eigenvalue weighted by molar-refractivity contribution is 5.89. The van der Waals surface area contributed by atoms with Crippen LogP contribution >= 0.6 is 0 Å². The Kier molecular flexibility index (Phi) is 5.76. The average Bonchev–Trinajstić information content (AvgIpc) is 3.42. The van der Waals surface area contributed by atoms with Gasteiger partial charge in [0.1, 0.15) is 17.2 Å². The largest absolute Gasteiger partial charge is 0.477 e. The molecular weight excluding hydrogens is 449 g/mol. The molecule has 0 bridgehead atoms. The second kappa shape index (κ2) is 9.50. The number of carboxylic acids is 1. The summed E-state index contributed by atoms with van der Waals surface area (Å²) in [6.07, 6.45) is 3.20. The van der Waals surface area contributed by atoms with Crippen molar-refractivity contribution < 1.29 is 30.6 Å². The van der Waals surface area contributed by atoms with E-state index in [2.05, 4.69) is 15.5 Å². The number of aromatic carboxylic acids is 1. The lowest BCUT2D eigenvalue weighted by molar-refractivity contribution is 0.0545. The first kappa shape index (κ1) is 20.6. The average molecular weight is 479 g/mol. The highest BCUT2D eigenvalue weighted by Crippen LogP contribution is 2.39. The maximum absolute atomic E-state index is 14.4. The summed E-state index contributed by atoms with van der Waals surface area (Å²) < 4.78 is 65.2. The minimum atomic E-state index is -1.90. The summed E-state index contributed by atoms with van der Waals surface area (Å²) in [4.78, 5) is 12.9. The van der Waals surface area contributed by atoms with E-state index in [1.165, 1.54) is 12.1 Å². The molecule has 3 atom stereocenters. The Hall–Kier alpha value is -2.72. The zero-order chi connectivity index (χ0) is 25.6. The van der Waals surface area contributed by atoms with Gasteiger partial charge in [0.2, 0.25) is 0 Å². The normalized spacial score (nSPS) is 26.7. The summed E-state index contributed by atoms with van der Waals surface area (Å²) in [5.74, 6) is -5.42. The third-order valence-corrected chi connectivity index (χ3v) is 7.00. The number of aromatic nitrogens is 2. The van der Waals surface area contributed by atoms with Crippen molar-refractivity contribution in [1.82, 2.24) is 15.1 Å². The van der Waals surface area contributed by atoms with Gasteiger partial charge in [-0.2, -0.15) is 0 Å². The van der Waals surface area contributed by atoms with Crippen molar-refractivity contribution in [2.24, 2.45) is 17.8 Å². The van der Waals surface area contributed by atoms with Crippen molar-refractivity contribution >= 4 is 11.8 Å². The summed E-state index contributed by atoms with van der Waals surface area (Å²) in [5, 5.41) is 20.1. The Morgan fingerprint density at radius 3 is 2.47 bits per heavy atom. The van der Waals surface area contributed by atoms with Gasteiger partial charge in [0.25, 0.3) is 0 Å². The van der Waals surface area contributed by atoms with Crippen molar-refractivity contribution in [2.45, 2.75) is 31.7 Å². The number of ether oxygens (including phenoxy) is 1. The molecule has 0 spiro atoms. The van der Waals surface area contributed by atoms with Crippen molar-refractivity contribution in [3.63, 3.8) is 0 Å². The van der Waals surface area contributed by atoms with Gasteiger partial charge in [-0.05, 0) is 61.6 Å². The van der Waals surface area contributed by atoms with Crippen LogP contribution in [0.25, 0.3) is 11.3 Å². The van der Waals surface area contributed by atoms with Crippen LogP contribution in [0.2, 0.25) is 0 Å². The molecule has 2 aliphatic heterocycles. The van der Waals surface area contributed by atoms with E-state index < -0.39 is 41.0 Å². The molecular formula is C24H27F3N4O3. The Balaban J connectivity index is 1.21. The fourth-order valence-corrected chi connectivity index (χ4v) is 5.35. The van der Waals surface area contributed by atoms with Crippen LogP contribution in [0.15, 0.2) is 18.2 Å². The monoisotopic (exact) mass is 478 g/mol. The minimum Gasteiger partial charge on any atom is -0.477 e. The molecule has 10 heteroatoms. The predicted octanol–water partition coefficient (Wildman–Crippen LogP) is 3.81. The number of anilines is 1. The summed E-state index contributed by atoms with van der Waals surface area (Å²) in [6.45, 7) is 1.30. The smallest absolute Gasteiger partial charge is 0.341 e. The third-order valence-electron chi connectivity index (χ3n) is 7.00. The number of hydrogen-bond donors (Lipinski definition) is 2. The Morgan fingerprint density at radius 1 is 1.15 bits per heavy atom. The second-order valence-electron chi connectivity index (χ2n) is 9.27. The zero-order valence-corrected chi connectivity index (χ0v) is 18.4. The molecule has 2 saturated heterocycles. The molecule has 1 aromatic carbocycles. The summed E-state index contributed by atoms with van der Waals surface area (Å²) >= 11 is 0. The van der Waals surface area contributed by atoms with E-state index in [-0.39, 0.29) is 17.7 Å². The number of carbonyl (C=O) groups is 1. The first-order valence-electron chi connectivity index (χ1n) is 12.5. The van der Waals surface area contributed by atoms with Gasteiger partial charge in [-0.3, -0.25) is 0 Å². The van der Waals surface area contributed by atoms with E-state index in [4.69, 9.17) is 12.6 Å². The maximum Gasteiger partial charge on any atom is 0.341 e. The summed E-state index contributed by atoms with van der Waals surface area (Å²) in [7, 11) is 0. The van der Waals surface area contributed by atoms with Crippen LogP contribution in [0.4, 0.5) is 19.0 Å². The molecule has 3 aliphatic rings. The molecule has 7 nitrogen and oxygen atoms in total. The van der Waals surface area contributed by atoms with E-state index in [1.54, 1.807) is 0 Å². The third kappa shape index (κ3) is 4.61. The van der Waals surface area contributed by atoms with E-state index in [1.807, 2.05) is 4.90 Å².